The number of aromatic nitrogens is 4. The maximum absolute atomic E-state index is 12.8. The van der Waals surface area contributed by atoms with Crippen molar-refractivity contribution >= 4 is 36.4 Å². The molecule has 144 valence electrons. The van der Waals surface area contributed by atoms with Crippen molar-refractivity contribution in [3.63, 3.8) is 0 Å². The van der Waals surface area contributed by atoms with Crippen LogP contribution in [0, 0.1) is 5.92 Å². The minimum Gasteiger partial charge on any atom is -0.326 e. The van der Waals surface area contributed by atoms with Gasteiger partial charge in [-0.15, -0.1) is 24.8 Å². The maximum atomic E-state index is 12.8. The van der Waals surface area contributed by atoms with E-state index in [0.717, 1.165) is 23.5 Å². The number of imidazole rings is 1. The highest BCUT2D eigenvalue weighted by atomic mass is 35.5. The van der Waals surface area contributed by atoms with Crippen molar-refractivity contribution in [2.75, 3.05) is 18.4 Å². The normalized spacial score (nSPS) is 18.4. The summed E-state index contributed by atoms with van der Waals surface area (Å²) in [4.78, 5) is 16.9. The molecule has 0 radical (unpaired) electrons. The Morgan fingerprint density at radius 2 is 2.15 bits per heavy atom. The number of halogens is 2. The van der Waals surface area contributed by atoms with Gasteiger partial charge in [-0.3, -0.25) is 9.48 Å². The summed E-state index contributed by atoms with van der Waals surface area (Å²) in [5.41, 5.74) is 2.84. The number of rotatable bonds is 4. The van der Waals surface area contributed by atoms with Crippen molar-refractivity contribution in [2.45, 2.75) is 5.92 Å². The van der Waals surface area contributed by atoms with E-state index < -0.39 is 0 Å². The number of carbonyl (C=O) groups excluding carboxylic acids is 1. The lowest BCUT2D eigenvalue weighted by molar-refractivity contribution is -0.119. The van der Waals surface area contributed by atoms with E-state index in [4.69, 9.17) is 0 Å². The minimum absolute atomic E-state index is 0. The first-order valence-corrected chi connectivity index (χ1v) is 8.29. The molecule has 0 saturated carbocycles. The smallest absolute Gasteiger partial charge is 0.229 e. The zero-order valence-electron chi connectivity index (χ0n) is 14.8. The van der Waals surface area contributed by atoms with Gasteiger partial charge in [-0.25, -0.2) is 4.98 Å². The number of nitrogens with zero attached hydrogens (tertiary/aromatic N) is 4. The van der Waals surface area contributed by atoms with Crippen LogP contribution in [0.25, 0.3) is 5.69 Å². The van der Waals surface area contributed by atoms with Crippen molar-refractivity contribution in [3.05, 3.63) is 60.9 Å². The van der Waals surface area contributed by atoms with Crippen molar-refractivity contribution in [1.29, 1.82) is 0 Å². The van der Waals surface area contributed by atoms with E-state index in [2.05, 4.69) is 20.7 Å². The Balaban J connectivity index is 0.00000131. The standard InChI is InChI=1S/C18H20N6O.2ClH/c1-23-11-13(8-21-23)16-9-20-10-17(16)18(25)22-14-3-2-4-15(7-14)24-6-5-19-12-24;;/h2-8,11-12,16-17,20H,9-10H2,1H3,(H,22,25);2*1H/t16-,17+;;/m1../s1. The van der Waals surface area contributed by atoms with Gasteiger partial charge in [-0.05, 0) is 23.8 Å². The molecule has 4 rings (SSSR count). The summed E-state index contributed by atoms with van der Waals surface area (Å²) in [5.74, 6) is 0.0632. The lowest BCUT2D eigenvalue weighted by atomic mass is 9.90. The topological polar surface area (TPSA) is 76.8 Å². The van der Waals surface area contributed by atoms with Gasteiger partial charge in [-0.1, -0.05) is 6.07 Å². The highest BCUT2D eigenvalue weighted by Crippen LogP contribution is 2.29. The van der Waals surface area contributed by atoms with Gasteiger partial charge in [0, 0.05) is 56.0 Å². The first-order valence-electron chi connectivity index (χ1n) is 8.29. The number of hydrogen-bond acceptors (Lipinski definition) is 4. The molecule has 2 N–H and O–H groups in total. The number of nitrogens with one attached hydrogen (secondary N) is 2. The summed E-state index contributed by atoms with van der Waals surface area (Å²) in [6.07, 6.45) is 9.17. The molecular weight excluding hydrogens is 387 g/mol. The van der Waals surface area contributed by atoms with Crippen LogP contribution in [0.2, 0.25) is 0 Å². The first-order chi connectivity index (χ1) is 12.2. The van der Waals surface area contributed by atoms with Crippen LogP contribution in [0.5, 0.6) is 0 Å². The Morgan fingerprint density at radius 1 is 1.30 bits per heavy atom. The van der Waals surface area contributed by atoms with Crippen molar-refractivity contribution in [3.8, 4) is 5.69 Å². The SMILES string of the molecule is Cl.Cl.Cn1cc([C@H]2CNC[C@@H]2C(=O)Nc2cccc(-n3ccnc3)c2)cn1. The molecule has 1 amide bonds. The van der Waals surface area contributed by atoms with Gasteiger partial charge in [0.05, 0.1) is 18.4 Å². The van der Waals surface area contributed by atoms with Crippen LogP contribution in [-0.4, -0.2) is 38.3 Å². The maximum Gasteiger partial charge on any atom is 0.229 e. The third kappa shape index (κ3) is 4.50. The van der Waals surface area contributed by atoms with E-state index in [9.17, 15) is 4.79 Å². The number of amides is 1. The molecule has 7 nitrogen and oxygen atoms in total. The second-order valence-corrected chi connectivity index (χ2v) is 6.33. The van der Waals surface area contributed by atoms with Gasteiger partial charge in [0.2, 0.25) is 5.91 Å². The summed E-state index contributed by atoms with van der Waals surface area (Å²) in [6.45, 7) is 1.46. The highest BCUT2D eigenvalue weighted by Gasteiger charge is 2.34. The number of aryl methyl sites for hydroxylation is 1. The van der Waals surface area contributed by atoms with Crippen LogP contribution < -0.4 is 10.6 Å². The Labute approximate surface area is 170 Å². The minimum atomic E-state index is -0.110. The second-order valence-electron chi connectivity index (χ2n) is 6.33. The lowest BCUT2D eigenvalue weighted by Gasteiger charge is -2.17. The number of benzene rings is 1. The molecule has 1 saturated heterocycles. The monoisotopic (exact) mass is 408 g/mol. The molecule has 1 aromatic carbocycles. The molecule has 2 aromatic heterocycles. The zero-order valence-corrected chi connectivity index (χ0v) is 16.4. The third-order valence-corrected chi connectivity index (χ3v) is 4.62. The van der Waals surface area contributed by atoms with Gasteiger partial charge in [0.15, 0.2) is 0 Å². The molecule has 1 aliphatic rings. The van der Waals surface area contributed by atoms with Crippen LogP contribution in [0.15, 0.2) is 55.4 Å². The molecule has 0 spiro atoms. The van der Waals surface area contributed by atoms with Crippen LogP contribution >= 0.6 is 24.8 Å². The van der Waals surface area contributed by atoms with Gasteiger partial charge in [-0.2, -0.15) is 5.10 Å². The predicted molar refractivity (Wildman–Crippen MR) is 109 cm³/mol. The van der Waals surface area contributed by atoms with Crippen molar-refractivity contribution in [1.82, 2.24) is 24.6 Å². The Hall–Kier alpha value is -2.35. The average Bonchev–Trinajstić information content (AvgIpc) is 3.36. The number of carbonyl (C=O) groups is 1. The van der Waals surface area contributed by atoms with Gasteiger partial charge in [0.1, 0.15) is 0 Å². The predicted octanol–water partition coefficient (Wildman–Crippen LogP) is 2.39. The fourth-order valence-corrected chi connectivity index (χ4v) is 3.33. The summed E-state index contributed by atoms with van der Waals surface area (Å²) in [6, 6.07) is 7.75. The Kier molecular flexibility index (Phi) is 7.01. The van der Waals surface area contributed by atoms with Gasteiger partial charge < -0.3 is 15.2 Å². The summed E-state index contributed by atoms with van der Waals surface area (Å²) >= 11 is 0. The van der Waals surface area contributed by atoms with Crippen molar-refractivity contribution in [2.24, 2.45) is 13.0 Å². The Bertz CT molecular complexity index is 880. The fourth-order valence-electron chi connectivity index (χ4n) is 3.33. The molecule has 9 heteroatoms. The molecule has 1 aliphatic heterocycles. The molecule has 1 fully saturated rings. The molecule has 3 aromatic rings. The molecule has 3 heterocycles. The summed E-state index contributed by atoms with van der Waals surface area (Å²) < 4.78 is 3.68. The van der Waals surface area contributed by atoms with Crippen LogP contribution in [0.1, 0.15) is 11.5 Å². The van der Waals surface area contributed by atoms with E-state index in [1.54, 1.807) is 17.2 Å². The van der Waals surface area contributed by atoms with Crippen LogP contribution in [-0.2, 0) is 11.8 Å². The summed E-state index contributed by atoms with van der Waals surface area (Å²) in [5, 5.41) is 10.6. The third-order valence-electron chi connectivity index (χ3n) is 4.62. The van der Waals surface area contributed by atoms with Gasteiger partial charge in [0.25, 0.3) is 0 Å². The van der Waals surface area contributed by atoms with E-state index in [1.807, 2.05) is 54.5 Å². The average molecular weight is 409 g/mol. The molecule has 0 bridgehead atoms. The number of anilines is 1. The highest BCUT2D eigenvalue weighted by molar-refractivity contribution is 5.93. The second kappa shape index (κ2) is 9.03. The zero-order chi connectivity index (χ0) is 17.2. The number of hydrogen-bond donors (Lipinski definition) is 2. The quantitative estimate of drug-likeness (QED) is 0.694. The van der Waals surface area contributed by atoms with E-state index in [-0.39, 0.29) is 42.6 Å². The summed E-state index contributed by atoms with van der Waals surface area (Å²) in [7, 11) is 1.89. The van der Waals surface area contributed by atoms with E-state index in [0.29, 0.717) is 6.54 Å². The largest absolute Gasteiger partial charge is 0.326 e. The van der Waals surface area contributed by atoms with E-state index >= 15 is 0 Å². The van der Waals surface area contributed by atoms with Gasteiger partial charge >= 0.3 is 0 Å². The van der Waals surface area contributed by atoms with Crippen LogP contribution in [0.4, 0.5) is 5.69 Å². The Morgan fingerprint density at radius 3 is 2.85 bits per heavy atom. The van der Waals surface area contributed by atoms with E-state index in [1.165, 1.54) is 0 Å². The van der Waals surface area contributed by atoms with Crippen molar-refractivity contribution < 1.29 is 4.79 Å². The van der Waals surface area contributed by atoms with Crippen LogP contribution in [0.3, 0.4) is 0 Å². The molecule has 0 unspecified atom stereocenters. The lowest BCUT2D eigenvalue weighted by Crippen LogP contribution is -2.28. The molecule has 2 atom stereocenters. The molecule has 0 aliphatic carbocycles. The fraction of sp³-hybridized carbons (Fsp3) is 0.278. The molecule has 27 heavy (non-hydrogen) atoms. The molecular formula is C18H22Cl2N6O. The first kappa shape index (κ1) is 21.0.